The Hall–Kier alpha value is -1.60. The van der Waals surface area contributed by atoms with Crippen molar-refractivity contribution in [2.24, 2.45) is 5.11 Å². The molecule has 106 valence electrons. The Labute approximate surface area is 111 Å². The highest BCUT2D eigenvalue weighted by atomic mass is 16.5. The summed E-state index contributed by atoms with van der Waals surface area (Å²) in [5.41, 5.74) is 8.03. The van der Waals surface area contributed by atoms with Crippen molar-refractivity contribution in [1.82, 2.24) is 9.55 Å². The molecule has 0 unspecified atom stereocenters. The van der Waals surface area contributed by atoms with Gasteiger partial charge >= 0.3 is 0 Å². The molecule has 1 aromatic heterocycles. The van der Waals surface area contributed by atoms with Crippen molar-refractivity contribution in [3.8, 4) is 0 Å². The molecule has 0 aliphatic carbocycles. The fourth-order valence-corrected chi connectivity index (χ4v) is 1.28. The Morgan fingerprint density at radius 2 is 1.74 bits per heavy atom. The molecule has 0 N–H and O–H groups in total. The Kier molecular flexibility index (Phi) is 9.35. The van der Waals surface area contributed by atoms with Gasteiger partial charge in [-0.3, -0.25) is 0 Å². The number of hydrogen-bond acceptors (Lipinski definition) is 5. The van der Waals surface area contributed by atoms with Crippen molar-refractivity contribution in [3.05, 3.63) is 29.2 Å². The van der Waals surface area contributed by atoms with Crippen LogP contribution in [0.3, 0.4) is 0 Å². The lowest BCUT2D eigenvalue weighted by Gasteiger charge is -2.06. The fourth-order valence-electron chi connectivity index (χ4n) is 1.28. The van der Waals surface area contributed by atoms with E-state index >= 15 is 0 Å². The Morgan fingerprint density at radius 3 is 2.37 bits per heavy atom. The lowest BCUT2D eigenvalue weighted by molar-refractivity contribution is 0.0146. The summed E-state index contributed by atoms with van der Waals surface area (Å²) in [4.78, 5) is 6.56. The summed E-state index contributed by atoms with van der Waals surface area (Å²) in [6.45, 7) is 4.34. The van der Waals surface area contributed by atoms with Crippen molar-refractivity contribution < 1.29 is 14.2 Å². The number of hydrogen-bond donors (Lipinski definition) is 0. The molecule has 1 rings (SSSR count). The summed E-state index contributed by atoms with van der Waals surface area (Å²) in [5, 5.41) is 3.35. The molecule has 0 aliphatic rings. The number of aromatic nitrogens is 2. The van der Waals surface area contributed by atoms with E-state index in [1.165, 1.54) is 0 Å². The van der Waals surface area contributed by atoms with Crippen LogP contribution in [-0.2, 0) is 20.8 Å². The van der Waals surface area contributed by atoms with Crippen LogP contribution in [0.2, 0.25) is 0 Å². The summed E-state index contributed by atoms with van der Waals surface area (Å²) in [6.07, 6.45) is 5.39. The molecule has 0 aliphatic heterocycles. The second kappa shape index (κ2) is 11.5. The minimum absolute atomic E-state index is 0.355. The van der Waals surface area contributed by atoms with Gasteiger partial charge in [0.05, 0.1) is 46.0 Å². The summed E-state index contributed by atoms with van der Waals surface area (Å²) >= 11 is 0. The highest BCUT2D eigenvalue weighted by molar-refractivity contribution is 4.73. The maximum atomic E-state index is 8.03. The predicted molar refractivity (Wildman–Crippen MR) is 68.7 cm³/mol. The summed E-state index contributed by atoms with van der Waals surface area (Å²) < 4.78 is 17.8. The largest absolute Gasteiger partial charge is 0.379 e. The van der Waals surface area contributed by atoms with E-state index in [2.05, 4.69) is 15.0 Å². The van der Waals surface area contributed by atoms with E-state index in [9.17, 15) is 0 Å². The van der Waals surface area contributed by atoms with Crippen LogP contribution in [0.4, 0.5) is 0 Å². The van der Waals surface area contributed by atoms with Gasteiger partial charge in [0.2, 0.25) is 0 Å². The van der Waals surface area contributed by atoms with Crippen LogP contribution in [0.15, 0.2) is 23.8 Å². The minimum Gasteiger partial charge on any atom is -0.379 e. The van der Waals surface area contributed by atoms with Crippen molar-refractivity contribution in [3.63, 3.8) is 0 Å². The zero-order chi connectivity index (χ0) is 13.6. The van der Waals surface area contributed by atoms with Gasteiger partial charge in [0, 0.05) is 30.4 Å². The first-order chi connectivity index (χ1) is 9.43. The van der Waals surface area contributed by atoms with Crippen molar-refractivity contribution in [2.75, 3.05) is 46.2 Å². The zero-order valence-corrected chi connectivity index (χ0v) is 10.8. The van der Waals surface area contributed by atoms with E-state index in [0.29, 0.717) is 46.2 Å². The SMILES string of the molecule is [N-]=[N+]=NCCOCCOCCOCCn1ccnc1. The molecule has 0 fully saturated rings. The Bertz CT molecular complexity index is 351. The smallest absolute Gasteiger partial charge is 0.0946 e. The molecule has 0 amide bonds. The van der Waals surface area contributed by atoms with E-state index in [0.717, 1.165) is 6.54 Å². The van der Waals surface area contributed by atoms with Gasteiger partial charge in [0.25, 0.3) is 0 Å². The standard InChI is InChI=1S/C11H19N5O3/c12-15-14-2-5-17-7-9-19-10-8-18-6-4-16-3-1-13-11-16/h1,3,11H,2,4-10H2. The average Bonchev–Trinajstić information content (AvgIpc) is 2.93. The molecule has 19 heavy (non-hydrogen) atoms. The number of rotatable bonds is 12. The molecule has 0 atom stereocenters. The molecule has 8 nitrogen and oxygen atoms in total. The number of ether oxygens (including phenoxy) is 3. The topological polar surface area (TPSA) is 94.3 Å². The number of imidazole rings is 1. The van der Waals surface area contributed by atoms with Crippen LogP contribution >= 0.6 is 0 Å². The summed E-state index contributed by atoms with van der Waals surface area (Å²) in [7, 11) is 0. The Morgan fingerprint density at radius 1 is 1.05 bits per heavy atom. The van der Waals surface area contributed by atoms with Crippen molar-refractivity contribution in [1.29, 1.82) is 0 Å². The van der Waals surface area contributed by atoms with Gasteiger partial charge in [-0.05, 0) is 5.53 Å². The third-order valence-electron chi connectivity index (χ3n) is 2.20. The fraction of sp³-hybridized carbons (Fsp3) is 0.727. The van der Waals surface area contributed by atoms with E-state index in [4.69, 9.17) is 19.7 Å². The number of azide groups is 1. The third-order valence-corrected chi connectivity index (χ3v) is 2.20. The molecule has 1 heterocycles. The van der Waals surface area contributed by atoms with E-state index in [1.54, 1.807) is 12.5 Å². The van der Waals surface area contributed by atoms with Gasteiger partial charge in [-0.2, -0.15) is 0 Å². The lowest BCUT2D eigenvalue weighted by Crippen LogP contribution is -2.12. The van der Waals surface area contributed by atoms with Crippen molar-refractivity contribution in [2.45, 2.75) is 6.54 Å². The molecule has 1 aromatic rings. The van der Waals surface area contributed by atoms with Gasteiger partial charge in [0.15, 0.2) is 0 Å². The molecule has 0 radical (unpaired) electrons. The molecule has 0 bridgehead atoms. The first-order valence-electron chi connectivity index (χ1n) is 6.13. The van der Waals surface area contributed by atoms with Gasteiger partial charge in [0.1, 0.15) is 0 Å². The zero-order valence-electron chi connectivity index (χ0n) is 10.8. The van der Waals surface area contributed by atoms with Crippen LogP contribution in [0.5, 0.6) is 0 Å². The molecule has 8 heteroatoms. The van der Waals surface area contributed by atoms with E-state index in [1.807, 2.05) is 10.8 Å². The van der Waals surface area contributed by atoms with Crippen LogP contribution in [0.1, 0.15) is 0 Å². The quantitative estimate of drug-likeness (QED) is 0.247. The second-order valence-corrected chi connectivity index (χ2v) is 3.59. The Balaban J connectivity index is 1.75. The molecule has 0 aromatic carbocycles. The molecular weight excluding hydrogens is 250 g/mol. The van der Waals surface area contributed by atoms with Gasteiger partial charge < -0.3 is 18.8 Å². The first kappa shape index (κ1) is 15.5. The third kappa shape index (κ3) is 9.04. The monoisotopic (exact) mass is 269 g/mol. The molecular formula is C11H19N5O3. The second-order valence-electron chi connectivity index (χ2n) is 3.59. The van der Waals surface area contributed by atoms with Crippen LogP contribution in [0, 0.1) is 0 Å². The lowest BCUT2D eigenvalue weighted by atomic mass is 10.6. The molecule has 0 saturated heterocycles. The summed E-state index contributed by atoms with van der Waals surface area (Å²) in [6, 6.07) is 0. The maximum Gasteiger partial charge on any atom is 0.0946 e. The van der Waals surface area contributed by atoms with E-state index < -0.39 is 0 Å². The van der Waals surface area contributed by atoms with Gasteiger partial charge in [-0.15, -0.1) is 0 Å². The normalized spacial score (nSPS) is 10.3. The highest BCUT2D eigenvalue weighted by Crippen LogP contribution is 1.87. The van der Waals surface area contributed by atoms with Gasteiger partial charge in [-0.1, -0.05) is 5.11 Å². The summed E-state index contributed by atoms with van der Waals surface area (Å²) in [5.74, 6) is 0. The highest BCUT2D eigenvalue weighted by Gasteiger charge is 1.92. The minimum atomic E-state index is 0.355. The van der Waals surface area contributed by atoms with E-state index in [-0.39, 0.29) is 0 Å². The van der Waals surface area contributed by atoms with Crippen LogP contribution in [-0.4, -0.2) is 55.7 Å². The molecule has 0 saturated carbocycles. The average molecular weight is 269 g/mol. The first-order valence-corrected chi connectivity index (χ1v) is 6.13. The molecule has 0 spiro atoms. The van der Waals surface area contributed by atoms with Gasteiger partial charge in [-0.25, -0.2) is 4.98 Å². The predicted octanol–water partition coefficient (Wildman–Crippen LogP) is 1.24. The van der Waals surface area contributed by atoms with Crippen LogP contribution in [0.25, 0.3) is 10.4 Å². The maximum absolute atomic E-state index is 8.03. The number of nitrogens with zero attached hydrogens (tertiary/aromatic N) is 5. The van der Waals surface area contributed by atoms with Crippen molar-refractivity contribution >= 4 is 0 Å². The van der Waals surface area contributed by atoms with Crippen LogP contribution < -0.4 is 0 Å².